The lowest BCUT2D eigenvalue weighted by molar-refractivity contribution is -0.205. The van der Waals surface area contributed by atoms with Crippen LogP contribution in [0.5, 0.6) is 0 Å². The van der Waals surface area contributed by atoms with Gasteiger partial charge in [0.05, 0.1) is 12.1 Å². The smallest absolute Gasteiger partial charge is 0.411 e. The molecule has 0 spiro atoms. The third kappa shape index (κ3) is 7.99. The molecule has 240 valence electrons. The number of fused-ring (bicyclic) bond motifs is 3. The van der Waals surface area contributed by atoms with E-state index in [4.69, 9.17) is 19.9 Å². The van der Waals surface area contributed by atoms with E-state index in [-0.39, 0.29) is 11.2 Å². The highest BCUT2D eigenvalue weighted by Crippen LogP contribution is 2.39. The molecule has 0 aromatic rings. The first kappa shape index (κ1) is 33.5. The van der Waals surface area contributed by atoms with E-state index in [1.54, 1.807) is 20.8 Å². The molecule has 0 aromatic carbocycles. The summed E-state index contributed by atoms with van der Waals surface area (Å²) >= 11 is 1.31. The molecule has 0 radical (unpaired) electrons. The van der Waals surface area contributed by atoms with Crippen molar-refractivity contribution in [1.29, 1.82) is 0 Å². The summed E-state index contributed by atoms with van der Waals surface area (Å²) in [6.07, 6.45) is 1.37. The number of hydrogen-bond donors (Lipinski definition) is 5. The molecular weight excluding hydrogens is 562 g/mol. The van der Waals surface area contributed by atoms with Gasteiger partial charge in [-0.15, -0.1) is 11.8 Å². The Balaban J connectivity index is 1.60. The number of likely N-dealkylation sites (tertiary alicyclic amines) is 1. The van der Waals surface area contributed by atoms with E-state index in [1.807, 2.05) is 12.2 Å². The van der Waals surface area contributed by atoms with Gasteiger partial charge in [-0.25, -0.2) is 4.79 Å². The van der Waals surface area contributed by atoms with E-state index in [0.717, 1.165) is 19.3 Å². The van der Waals surface area contributed by atoms with Crippen molar-refractivity contribution in [3.8, 4) is 0 Å². The number of amides is 2. The third-order valence-corrected chi connectivity index (χ3v) is 10.0. The minimum absolute atomic E-state index is 0.0223. The number of allylic oxidation sites excluding steroid dienone is 1. The van der Waals surface area contributed by atoms with Crippen molar-refractivity contribution in [3.63, 3.8) is 0 Å². The fourth-order valence-corrected chi connectivity index (χ4v) is 7.91. The molecule has 11 atom stereocenters. The Morgan fingerprint density at radius 3 is 2.50 bits per heavy atom. The molecule has 3 fully saturated rings. The lowest BCUT2D eigenvalue weighted by Crippen LogP contribution is -2.64. The standard InChI is InChI=1S/C30H51N3O8S/c1-16(2)12-17-10-11-39-25-18(13-17)15-33(29(38)41-30(3,4)5)21(25)27(37)32-20-9-7-6-8-19(14-31)42-28-24(36)22(34)23(35)26(20)40-28/h6-7,16-26,28,34-36H,8-15,31H2,1-5H3,(H,32,37)/b7-6-/t17-,18-,19+,20+,21?,22-,23+,24+,25+,26+,28+/m0/s1. The zero-order chi connectivity index (χ0) is 30.8. The summed E-state index contributed by atoms with van der Waals surface area (Å²) in [5.41, 5.74) is 4.34. The summed E-state index contributed by atoms with van der Waals surface area (Å²) in [5, 5.41) is 35.3. The number of nitrogens with zero attached hydrogens (tertiary/aromatic N) is 1. The molecule has 4 heterocycles. The van der Waals surface area contributed by atoms with Gasteiger partial charge in [-0.05, 0) is 64.7 Å². The summed E-state index contributed by atoms with van der Waals surface area (Å²) in [6.45, 7) is 11.0. The van der Waals surface area contributed by atoms with Gasteiger partial charge in [-0.1, -0.05) is 26.0 Å². The molecule has 42 heavy (non-hydrogen) atoms. The first-order valence-electron chi connectivity index (χ1n) is 15.4. The van der Waals surface area contributed by atoms with Crippen LogP contribution in [0.4, 0.5) is 4.79 Å². The maximum absolute atomic E-state index is 14.1. The Morgan fingerprint density at radius 1 is 1.12 bits per heavy atom. The normalized spacial score (nSPS) is 40.1. The Labute approximate surface area is 253 Å². The lowest BCUT2D eigenvalue weighted by Gasteiger charge is -2.44. The van der Waals surface area contributed by atoms with Crippen molar-refractivity contribution >= 4 is 23.8 Å². The van der Waals surface area contributed by atoms with Crippen LogP contribution in [0, 0.1) is 17.8 Å². The molecular formula is C30H51N3O8S. The molecule has 0 aromatic heterocycles. The molecule has 11 nitrogen and oxygen atoms in total. The molecule has 0 aliphatic carbocycles. The highest BCUT2D eigenvalue weighted by atomic mass is 32.2. The Bertz CT molecular complexity index is 961. The average Bonchev–Trinajstić information content (AvgIpc) is 3.15. The summed E-state index contributed by atoms with van der Waals surface area (Å²) in [4.78, 5) is 29.1. The predicted octanol–water partition coefficient (Wildman–Crippen LogP) is 1.77. The van der Waals surface area contributed by atoms with E-state index >= 15 is 0 Å². The quantitative estimate of drug-likeness (QED) is 0.289. The van der Waals surface area contributed by atoms with Crippen molar-refractivity contribution in [2.45, 2.75) is 126 Å². The topological polar surface area (TPSA) is 164 Å². The van der Waals surface area contributed by atoms with Crippen LogP contribution in [0.2, 0.25) is 0 Å². The number of carbonyl (C=O) groups is 2. The number of aliphatic hydroxyl groups excluding tert-OH is 3. The number of thioether (sulfide) groups is 1. The van der Waals surface area contributed by atoms with Crippen LogP contribution >= 0.6 is 11.8 Å². The van der Waals surface area contributed by atoms with Crippen LogP contribution < -0.4 is 11.1 Å². The van der Waals surface area contributed by atoms with Gasteiger partial charge in [-0.3, -0.25) is 9.69 Å². The van der Waals surface area contributed by atoms with Crippen LogP contribution in [0.25, 0.3) is 0 Å². The van der Waals surface area contributed by atoms with Crippen molar-refractivity contribution in [2.24, 2.45) is 23.5 Å². The van der Waals surface area contributed by atoms with E-state index in [1.165, 1.54) is 16.7 Å². The van der Waals surface area contributed by atoms with Gasteiger partial charge in [-0.2, -0.15) is 0 Å². The summed E-state index contributed by atoms with van der Waals surface area (Å²) < 4.78 is 18.2. The number of aliphatic hydroxyl groups is 3. The van der Waals surface area contributed by atoms with Crippen molar-refractivity contribution in [1.82, 2.24) is 10.2 Å². The maximum atomic E-state index is 14.1. The second kappa shape index (κ2) is 14.1. The van der Waals surface area contributed by atoms with Gasteiger partial charge < -0.3 is 40.6 Å². The fourth-order valence-electron chi connectivity index (χ4n) is 6.69. The van der Waals surface area contributed by atoms with E-state index in [2.05, 4.69) is 19.2 Å². The number of nitrogens with two attached hydrogens (primary N) is 1. The molecule has 6 N–H and O–H groups in total. The van der Waals surface area contributed by atoms with E-state index in [0.29, 0.717) is 44.4 Å². The number of carbonyl (C=O) groups excluding carboxylic acids is 2. The van der Waals surface area contributed by atoms with Gasteiger partial charge in [0.25, 0.3) is 0 Å². The van der Waals surface area contributed by atoms with Crippen molar-refractivity contribution < 1.29 is 39.1 Å². The van der Waals surface area contributed by atoms with E-state index in [9.17, 15) is 24.9 Å². The fraction of sp³-hybridized carbons (Fsp3) is 0.867. The van der Waals surface area contributed by atoms with Crippen LogP contribution in [0.15, 0.2) is 12.2 Å². The maximum Gasteiger partial charge on any atom is 0.411 e. The van der Waals surface area contributed by atoms with Gasteiger partial charge in [0.15, 0.2) is 0 Å². The largest absolute Gasteiger partial charge is 0.444 e. The number of nitrogens with one attached hydrogen (secondary N) is 1. The molecule has 4 aliphatic rings. The Kier molecular flexibility index (Phi) is 11.3. The lowest BCUT2D eigenvalue weighted by atomic mass is 9.85. The SMILES string of the molecule is CC(C)C[C@@H]1CCO[C@H]2C(C(=O)N[C@@H]3C/C=C\C[C@H](CN)S[C@H]4O[C@H]3[C@H](O)[C@H](O)[C@H]4O)N(C(=O)OC(C)(C)C)C[C@@H]2C1. The van der Waals surface area contributed by atoms with Crippen LogP contribution in [0.1, 0.15) is 66.7 Å². The number of rotatable bonds is 5. The van der Waals surface area contributed by atoms with Gasteiger partial charge in [0, 0.05) is 30.9 Å². The highest BCUT2D eigenvalue weighted by molar-refractivity contribution is 8.00. The first-order chi connectivity index (χ1) is 19.8. The Morgan fingerprint density at radius 2 is 1.83 bits per heavy atom. The molecule has 12 heteroatoms. The van der Waals surface area contributed by atoms with Gasteiger partial charge >= 0.3 is 6.09 Å². The molecule has 4 rings (SSSR count). The average molecular weight is 614 g/mol. The minimum atomic E-state index is -1.46. The monoisotopic (exact) mass is 613 g/mol. The second-order valence-electron chi connectivity index (χ2n) is 13.7. The first-order valence-corrected chi connectivity index (χ1v) is 16.3. The highest BCUT2D eigenvalue weighted by Gasteiger charge is 2.53. The second-order valence-corrected chi connectivity index (χ2v) is 15.1. The van der Waals surface area contributed by atoms with Crippen molar-refractivity contribution in [3.05, 3.63) is 12.2 Å². The minimum Gasteiger partial charge on any atom is -0.444 e. The molecule has 4 aliphatic heterocycles. The molecule has 2 amide bonds. The van der Waals surface area contributed by atoms with E-state index < -0.39 is 65.6 Å². The zero-order valence-corrected chi connectivity index (χ0v) is 26.4. The number of hydrogen-bond acceptors (Lipinski definition) is 10. The van der Waals surface area contributed by atoms with Crippen LogP contribution in [-0.2, 0) is 19.0 Å². The van der Waals surface area contributed by atoms with Crippen LogP contribution in [0.3, 0.4) is 0 Å². The van der Waals surface area contributed by atoms with Gasteiger partial charge in [0.1, 0.15) is 41.5 Å². The molecule has 1 unspecified atom stereocenters. The van der Waals surface area contributed by atoms with Gasteiger partial charge in [0.2, 0.25) is 5.91 Å². The molecule has 2 bridgehead atoms. The third-order valence-electron chi connectivity index (χ3n) is 8.59. The summed E-state index contributed by atoms with van der Waals surface area (Å²) in [6, 6.07) is -1.66. The zero-order valence-electron chi connectivity index (χ0n) is 25.6. The summed E-state index contributed by atoms with van der Waals surface area (Å²) in [7, 11) is 0. The Hall–Kier alpha value is -1.41. The van der Waals surface area contributed by atoms with Crippen LogP contribution in [-0.4, -0.2) is 111 Å². The molecule has 3 saturated heterocycles. The molecule has 0 saturated carbocycles. The summed E-state index contributed by atoms with van der Waals surface area (Å²) in [5.74, 6) is 0.529. The number of ether oxygens (including phenoxy) is 3. The predicted molar refractivity (Wildman–Crippen MR) is 160 cm³/mol. The van der Waals surface area contributed by atoms with Crippen molar-refractivity contribution in [2.75, 3.05) is 19.7 Å².